The Kier molecular flexibility index (Phi) is 8.78. The first kappa shape index (κ1) is 21.2. The average Bonchev–Trinajstić information content (AvgIpc) is 2.69. The average molecular weight is 386 g/mol. The molecule has 7 heteroatoms. The van der Waals surface area contributed by atoms with Crippen molar-refractivity contribution in [1.82, 2.24) is 16.0 Å². The van der Waals surface area contributed by atoms with Crippen LogP contribution in [0.15, 0.2) is 53.5 Å². The number of amides is 1. The Morgan fingerprint density at radius 2 is 1.89 bits per heavy atom. The monoisotopic (exact) mass is 386 g/mol. The highest BCUT2D eigenvalue weighted by Gasteiger charge is 2.05. The normalized spacial score (nSPS) is 11.1. The molecular weight excluding hydrogens is 359 g/mol. The summed E-state index contributed by atoms with van der Waals surface area (Å²) in [5.41, 5.74) is 1.09. The van der Waals surface area contributed by atoms with Crippen molar-refractivity contribution in [2.24, 2.45) is 4.99 Å². The van der Waals surface area contributed by atoms with Crippen molar-refractivity contribution in [3.63, 3.8) is 0 Å². The van der Waals surface area contributed by atoms with E-state index in [9.17, 15) is 14.3 Å². The van der Waals surface area contributed by atoms with Gasteiger partial charge in [-0.05, 0) is 49.6 Å². The van der Waals surface area contributed by atoms with Crippen molar-refractivity contribution < 1.29 is 14.3 Å². The van der Waals surface area contributed by atoms with Crippen LogP contribution in [0.3, 0.4) is 0 Å². The number of aliphatic imine (C=N–C) groups is 1. The van der Waals surface area contributed by atoms with Crippen LogP contribution in [0.5, 0.6) is 5.75 Å². The Labute approximate surface area is 164 Å². The predicted molar refractivity (Wildman–Crippen MR) is 109 cm³/mol. The lowest BCUT2D eigenvalue weighted by atomic mass is 10.1. The van der Waals surface area contributed by atoms with Crippen LogP contribution >= 0.6 is 0 Å². The summed E-state index contributed by atoms with van der Waals surface area (Å²) in [6, 6.07) is 13.0. The molecule has 1 amide bonds. The van der Waals surface area contributed by atoms with Crippen LogP contribution in [0.1, 0.15) is 29.3 Å². The van der Waals surface area contributed by atoms with Crippen LogP contribution in [0.4, 0.5) is 4.39 Å². The Bertz CT molecular complexity index is 795. The number of rotatable bonds is 9. The molecule has 0 aliphatic carbocycles. The molecule has 6 nitrogen and oxygen atoms in total. The summed E-state index contributed by atoms with van der Waals surface area (Å²) in [7, 11) is 0. The van der Waals surface area contributed by atoms with Gasteiger partial charge >= 0.3 is 0 Å². The first-order valence-electron chi connectivity index (χ1n) is 9.43. The number of phenolic OH excluding ortho intramolecular Hbond substituents is 1. The van der Waals surface area contributed by atoms with E-state index in [-0.39, 0.29) is 17.5 Å². The number of aromatic hydroxyl groups is 1. The van der Waals surface area contributed by atoms with Crippen molar-refractivity contribution in [3.05, 3.63) is 65.5 Å². The Morgan fingerprint density at radius 1 is 1.07 bits per heavy atom. The smallest absolute Gasteiger partial charge is 0.251 e. The van der Waals surface area contributed by atoms with Gasteiger partial charge in [-0.2, -0.15) is 0 Å². The maximum atomic E-state index is 13.6. The molecular formula is C21H27FN4O2. The largest absolute Gasteiger partial charge is 0.508 e. The third-order valence-corrected chi connectivity index (χ3v) is 3.99. The van der Waals surface area contributed by atoms with Crippen molar-refractivity contribution in [1.29, 1.82) is 0 Å². The number of benzene rings is 2. The van der Waals surface area contributed by atoms with E-state index < -0.39 is 0 Å². The van der Waals surface area contributed by atoms with Gasteiger partial charge in [-0.3, -0.25) is 9.79 Å². The molecule has 2 aromatic carbocycles. The van der Waals surface area contributed by atoms with Crippen LogP contribution in [-0.4, -0.2) is 43.2 Å². The van der Waals surface area contributed by atoms with Crippen LogP contribution in [0, 0.1) is 5.82 Å². The highest BCUT2D eigenvalue weighted by atomic mass is 19.1. The molecule has 2 rings (SSSR count). The molecule has 0 heterocycles. The molecule has 0 saturated heterocycles. The second-order valence-electron chi connectivity index (χ2n) is 6.19. The molecule has 2 aromatic rings. The molecule has 4 N–H and O–H groups in total. The van der Waals surface area contributed by atoms with Crippen LogP contribution in [0.25, 0.3) is 0 Å². The van der Waals surface area contributed by atoms with Crippen LogP contribution in [-0.2, 0) is 6.42 Å². The number of nitrogens with zero attached hydrogens (tertiary/aromatic N) is 1. The van der Waals surface area contributed by atoms with E-state index in [1.54, 1.807) is 24.3 Å². The predicted octanol–water partition coefficient (Wildman–Crippen LogP) is 2.45. The standard InChI is InChI=1S/C21H27FN4O2/c1-2-23-21(26-14-11-16-7-3-4-10-19(16)22)25-13-6-12-24-20(28)17-8-5-9-18(27)15-17/h3-5,7-10,15,27H,2,6,11-14H2,1H3,(H,24,28)(H2,23,25,26). The molecule has 150 valence electrons. The summed E-state index contributed by atoms with van der Waals surface area (Å²) in [5.74, 6) is 0.302. The summed E-state index contributed by atoms with van der Waals surface area (Å²) in [4.78, 5) is 16.4. The zero-order chi connectivity index (χ0) is 20.2. The minimum atomic E-state index is -0.227. The van der Waals surface area contributed by atoms with E-state index in [1.165, 1.54) is 18.2 Å². The minimum Gasteiger partial charge on any atom is -0.508 e. The van der Waals surface area contributed by atoms with Crippen LogP contribution < -0.4 is 16.0 Å². The molecule has 0 atom stereocenters. The zero-order valence-corrected chi connectivity index (χ0v) is 16.0. The Hall–Kier alpha value is -3.09. The molecule has 0 radical (unpaired) electrons. The number of hydrogen-bond donors (Lipinski definition) is 4. The van der Waals surface area contributed by atoms with Gasteiger partial charge in [0.1, 0.15) is 11.6 Å². The first-order valence-corrected chi connectivity index (χ1v) is 9.43. The topological polar surface area (TPSA) is 85.8 Å². The fraction of sp³-hybridized carbons (Fsp3) is 0.333. The second-order valence-corrected chi connectivity index (χ2v) is 6.19. The van der Waals surface area contributed by atoms with Gasteiger partial charge in [-0.15, -0.1) is 0 Å². The lowest BCUT2D eigenvalue weighted by Gasteiger charge is -2.11. The van der Waals surface area contributed by atoms with Gasteiger partial charge in [0.05, 0.1) is 0 Å². The number of carbonyl (C=O) groups excluding carboxylic acids is 1. The maximum Gasteiger partial charge on any atom is 0.251 e. The number of nitrogens with one attached hydrogen (secondary N) is 3. The van der Waals surface area contributed by atoms with E-state index in [2.05, 4.69) is 20.9 Å². The molecule has 0 aliphatic rings. The van der Waals surface area contributed by atoms with Gasteiger partial charge in [0.15, 0.2) is 5.96 Å². The van der Waals surface area contributed by atoms with Gasteiger partial charge in [-0.1, -0.05) is 24.3 Å². The van der Waals surface area contributed by atoms with Crippen molar-refractivity contribution in [2.75, 3.05) is 26.2 Å². The third-order valence-electron chi connectivity index (χ3n) is 3.99. The number of hydrogen-bond acceptors (Lipinski definition) is 3. The summed E-state index contributed by atoms with van der Waals surface area (Å²) < 4.78 is 13.6. The number of guanidine groups is 1. The Balaban J connectivity index is 1.71. The SMILES string of the molecule is CCNC(=NCCCNC(=O)c1cccc(O)c1)NCCc1ccccc1F. The molecule has 0 fully saturated rings. The highest BCUT2D eigenvalue weighted by Crippen LogP contribution is 2.10. The van der Waals surface area contributed by atoms with Gasteiger partial charge in [0.25, 0.3) is 5.91 Å². The zero-order valence-electron chi connectivity index (χ0n) is 16.0. The van der Waals surface area contributed by atoms with Crippen molar-refractivity contribution >= 4 is 11.9 Å². The number of phenols is 1. The van der Waals surface area contributed by atoms with Gasteiger partial charge < -0.3 is 21.1 Å². The molecule has 0 aliphatic heterocycles. The number of carbonyl (C=O) groups is 1. The van der Waals surface area contributed by atoms with E-state index in [4.69, 9.17) is 0 Å². The molecule has 28 heavy (non-hydrogen) atoms. The fourth-order valence-electron chi connectivity index (χ4n) is 2.58. The fourth-order valence-corrected chi connectivity index (χ4v) is 2.58. The summed E-state index contributed by atoms with van der Waals surface area (Å²) in [5, 5.41) is 18.5. The molecule has 0 bridgehead atoms. The summed E-state index contributed by atoms with van der Waals surface area (Å²) >= 11 is 0. The molecule has 0 unspecified atom stereocenters. The second kappa shape index (κ2) is 11.6. The quantitative estimate of drug-likeness (QED) is 0.303. The number of halogens is 1. The van der Waals surface area contributed by atoms with Crippen LogP contribution in [0.2, 0.25) is 0 Å². The third kappa shape index (κ3) is 7.26. The van der Waals surface area contributed by atoms with Gasteiger partial charge in [0, 0.05) is 31.7 Å². The molecule has 0 aromatic heterocycles. The summed E-state index contributed by atoms with van der Waals surface area (Å²) in [6.07, 6.45) is 1.24. The van der Waals surface area contributed by atoms with Gasteiger partial charge in [0.2, 0.25) is 0 Å². The lowest BCUT2D eigenvalue weighted by Crippen LogP contribution is -2.38. The van der Waals surface area contributed by atoms with Crippen molar-refractivity contribution in [2.45, 2.75) is 19.8 Å². The van der Waals surface area contributed by atoms with E-state index in [0.29, 0.717) is 49.6 Å². The molecule has 0 saturated carbocycles. The molecule has 0 spiro atoms. The highest BCUT2D eigenvalue weighted by molar-refractivity contribution is 5.94. The van der Waals surface area contributed by atoms with Crippen molar-refractivity contribution in [3.8, 4) is 5.75 Å². The van der Waals surface area contributed by atoms with E-state index in [1.807, 2.05) is 13.0 Å². The maximum absolute atomic E-state index is 13.6. The minimum absolute atomic E-state index is 0.0639. The summed E-state index contributed by atoms with van der Waals surface area (Å²) in [6.45, 7) is 4.28. The van der Waals surface area contributed by atoms with E-state index in [0.717, 1.165) is 6.54 Å². The van der Waals surface area contributed by atoms with E-state index >= 15 is 0 Å². The lowest BCUT2D eigenvalue weighted by molar-refractivity contribution is 0.0953. The Morgan fingerprint density at radius 3 is 2.64 bits per heavy atom. The first-order chi connectivity index (χ1) is 13.6. The van der Waals surface area contributed by atoms with Gasteiger partial charge in [-0.25, -0.2) is 4.39 Å².